The van der Waals surface area contributed by atoms with E-state index < -0.39 is 11.9 Å². The van der Waals surface area contributed by atoms with Gasteiger partial charge < -0.3 is 13.9 Å². The van der Waals surface area contributed by atoms with Crippen molar-refractivity contribution in [3.8, 4) is 11.1 Å². The van der Waals surface area contributed by atoms with Gasteiger partial charge >= 0.3 is 11.9 Å². The second-order valence-corrected chi connectivity index (χ2v) is 6.18. The number of ether oxygens (including phenoxy) is 2. The number of methoxy groups -OCH3 is 2. The summed E-state index contributed by atoms with van der Waals surface area (Å²) in [5, 5.41) is 0. The molecule has 0 atom stereocenters. The number of carbonyl (C=O) groups is 2. The molecule has 0 bridgehead atoms. The summed E-state index contributed by atoms with van der Waals surface area (Å²) in [5.74, 6) is -1.11. The number of hydrogen-bond acceptors (Lipinski definition) is 4. The highest BCUT2D eigenvalue weighted by atomic mass is 16.5. The third kappa shape index (κ3) is 2.17. The zero-order valence-electron chi connectivity index (χ0n) is 14.7. The van der Waals surface area contributed by atoms with Crippen molar-refractivity contribution in [2.75, 3.05) is 14.2 Å². The highest BCUT2D eigenvalue weighted by Crippen LogP contribution is 2.38. The van der Waals surface area contributed by atoms with Gasteiger partial charge in [-0.15, -0.1) is 0 Å². The highest BCUT2D eigenvalue weighted by molar-refractivity contribution is 6.17. The van der Waals surface area contributed by atoms with Crippen LogP contribution in [0.5, 0.6) is 0 Å². The molecule has 5 nitrogen and oxygen atoms in total. The minimum Gasteiger partial charge on any atom is -0.465 e. The Morgan fingerprint density at radius 2 is 1.54 bits per heavy atom. The zero-order chi connectivity index (χ0) is 18.4. The average Bonchev–Trinajstić information content (AvgIpc) is 3.19. The molecule has 0 aliphatic carbocycles. The summed E-state index contributed by atoms with van der Waals surface area (Å²) in [4.78, 5) is 25.1. The van der Waals surface area contributed by atoms with Crippen LogP contribution in [0.25, 0.3) is 27.7 Å². The third-order valence-electron chi connectivity index (χ3n) is 4.62. The number of aryl methyl sites for hydroxylation is 1. The number of hydrogen-bond donors (Lipinski definition) is 0. The van der Waals surface area contributed by atoms with Gasteiger partial charge in [-0.3, -0.25) is 0 Å². The molecule has 0 unspecified atom stereocenters. The number of aromatic nitrogens is 1. The number of benzene rings is 1. The van der Waals surface area contributed by atoms with Gasteiger partial charge in [0.1, 0.15) is 11.1 Å². The van der Waals surface area contributed by atoms with Crippen LogP contribution >= 0.6 is 0 Å². The quantitative estimate of drug-likeness (QED) is 0.524. The third-order valence-corrected chi connectivity index (χ3v) is 4.62. The van der Waals surface area contributed by atoms with Gasteiger partial charge in [-0.05, 0) is 36.2 Å². The van der Waals surface area contributed by atoms with E-state index in [-0.39, 0.29) is 11.1 Å². The van der Waals surface area contributed by atoms with Crippen LogP contribution in [0.15, 0.2) is 48.5 Å². The van der Waals surface area contributed by atoms with Gasteiger partial charge in [-0.1, -0.05) is 30.3 Å². The SMILES string of the molecule is COC(=O)c1c(C(=O)OC)c2c(-c3ccccc3)cc3cc(C)cc1n32. The second-order valence-electron chi connectivity index (χ2n) is 6.18. The molecule has 4 aromatic rings. The van der Waals surface area contributed by atoms with Crippen molar-refractivity contribution in [2.45, 2.75) is 6.92 Å². The van der Waals surface area contributed by atoms with Gasteiger partial charge in [0.2, 0.25) is 0 Å². The summed E-state index contributed by atoms with van der Waals surface area (Å²) in [6.45, 7) is 1.95. The van der Waals surface area contributed by atoms with E-state index in [0.717, 1.165) is 22.2 Å². The molecule has 130 valence electrons. The first-order valence-electron chi connectivity index (χ1n) is 8.20. The maximum atomic E-state index is 12.6. The zero-order valence-corrected chi connectivity index (χ0v) is 14.7. The standard InChI is InChI=1S/C21H17NO4/c1-12-9-14-11-15(13-7-5-4-6-8-13)19-18(21(24)26-3)17(20(23)25-2)16(10-12)22(14)19/h4-11H,1-3H3. The smallest absolute Gasteiger partial charge is 0.340 e. The Morgan fingerprint density at radius 1 is 0.885 bits per heavy atom. The largest absolute Gasteiger partial charge is 0.465 e. The van der Waals surface area contributed by atoms with E-state index in [2.05, 4.69) is 0 Å². The minimum absolute atomic E-state index is 0.235. The number of nitrogens with zero attached hydrogens (tertiary/aromatic N) is 1. The Bertz CT molecular complexity index is 1140. The Kier molecular flexibility index (Phi) is 3.65. The van der Waals surface area contributed by atoms with Crippen molar-refractivity contribution in [2.24, 2.45) is 0 Å². The van der Waals surface area contributed by atoms with Crippen LogP contribution in [0.4, 0.5) is 0 Å². The Labute approximate surface area is 150 Å². The van der Waals surface area contributed by atoms with Gasteiger partial charge in [0.05, 0.1) is 25.3 Å². The van der Waals surface area contributed by atoms with E-state index in [1.165, 1.54) is 14.2 Å². The number of carbonyl (C=O) groups excluding carboxylic acids is 2. The summed E-state index contributed by atoms with van der Waals surface area (Å²) >= 11 is 0. The van der Waals surface area contributed by atoms with Gasteiger partial charge in [-0.2, -0.15) is 0 Å². The monoisotopic (exact) mass is 347 g/mol. The van der Waals surface area contributed by atoms with Crippen LogP contribution in [0.1, 0.15) is 26.3 Å². The molecular weight excluding hydrogens is 330 g/mol. The molecular formula is C21H17NO4. The van der Waals surface area contributed by atoms with E-state index in [1.807, 2.05) is 59.9 Å². The molecule has 0 saturated carbocycles. The lowest BCUT2D eigenvalue weighted by Crippen LogP contribution is -2.10. The first-order valence-corrected chi connectivity index (χ1v) is 8.20. The Balaban J connectivity index is 2.23. The van der Waals surface area contributed by atoms with Crippen molar-refractivity contribution in [3.63, 3.8) is 0 Å². The van der Waals surface area contributed by atoms with Crippen LogP contribution in [-0.2, 0) is 9.47 Å². The lowest BCUT2D eigenvalue weighted by Gasteiger charge is -2.04. The minimum atomic E-state index is -0.559. The Hall–Kier alpha value is -3.34. The maximum Gasteiger partial charge on any atom is 0.340 e. The molecule has 26 heavy (non-hydrogen) atoms. The molecule has 3 aromatic heterocycles. The van der Waals surface area contributed by atoms with Gasteiger partial charge in [0, 0.05) is 11.1 Å². The lowest BCUT2D eigenvalue weighted by molar-refractivity contribution is 0.0559. The fraction of sp³-hybridized carbons (Fsp3) is 0.143. The molecule has 0 amide bonds. The van der Waals surface area contributed by atoms with Crippen molar-refractivity contribution in [1.82, 2.24) is 4.40 Å². The molecule has 0 aliphatic heterocycles. The number of rotatable bonds is 3. The van der Waals surface area contributed by atoms with E-state index >= 15 is 0 Å². The molecule has 0 radical (unpaired) electrons. The van der Waals surface area contributed by atoms with E-state index in [0.29, 0.717) is 11.0 Å². The predicted molar refractivity (Wildman–Crippen MR) is 98.9 cm³/mol. The maximum absolute atomic E-state index is 12.6. The van der Waals surface area contributed by atoms with Crippen molar-refractivity contribution in [1.29, 1.82) is 0 Å². The molecule has 3 heterocycles. The molecule has 4 rings (SSSR count). The highest BCUT2D eigenvalue weighted by Gasteiger charge is 2.31. The van der Waals surface area contributed by atoms with E-state index in [4.69, 9.17) is 9.47 Å². The summed E-state index contributed by atoms with van der Waals surface area (Å²) in [7, 11) is 2.62. The van der Waals surface area contributed by atoms with Crippen LogP contribution in [0, 0.1) is 6.92 Å². The molecule has 5 heteroatoms. The molecule has 0 fully saturated rings. The molecule has 0 spiro atoms. The fourth-order valence-corrected chi connectivity index (χ4v) is 3.58. The van der Waals surface area contributed by atoms with Gasteiger partial charge in [0.15, 0.2) is 0 Å². The van der Waals surface area contributed by atoms with E-state index in [9.17, 15) is 9.59 Å². The fourth-order valence-electron chi connectivity index (χ4n) is 3.58. The first kappa shape index (κ1) is 16.1. The lowest BCUT2D eigenvalue weighted by atomic mass is 10.0. The topological polar surface area (TPSA) is 57.0 Å². The number of esters is 2. The van der Waals surface area contributed by atoms with Crippen molar-refractivity contribution >= 4 is 28.5 Å². The Morgan fingerprint density at radius 3 is 2.19 bits per heavy atom. The summed E-state index contributed by atoms with van der Waals surface area (Å²) in [6, 6.07) is 15.7. The summed E-state index contributed by atoms with van der Waals surface area (Å²) < 4.78 is 11.9. The summed E-state index contributed by atoms with van der Waals surface area (Å²) in [5.41, 5.74) is 5.51. The van der Waals surface area contributed by atoms with Crippen molar-refractivity contribution in [3.05, 3.63) is 65.2 Å². The van der Waals surface area contributed by atoms with E-state index in [1.54, 1.807) is 0 Å². The molecule has 1 aromatic carbocycles. The summed E-state index contributed by atoms with van der Waals surface area (Å²) in [6.07, 6.45) is 0. The molecule has 0 aliphatic rings. The van der Waals surface area contributed by atoms with Crippen LogP contribution < -0.4 is 0 Å². The van der Waals surface area contributed by atoms with Crippen LogP contribution in [0.2, 0.25) is 0 Å². The van der Waals surface area contributed by atoms with Crippen molar-refractivity contribution < 1.29 is 19.1 Å². The second kappa shape index (κ2) is 5.88. The van der Waals surface area contributed by atoms with Gasteiger partial charge in [0.25, 0.3) is 0 Å². The molecule has 0 saturated heterocycles. The predicted octanol–water partition coefficient (Wildman–Crippen LogP) is 4.08. The molecule has 0 N–H and O–H groups in total. The normalized spacial score (nSPS) is 11.2. The number of pyridine rings is 1. The first-order chi connectivity index (χ1) is 12.6. The van der Waals surface area contributed by atoms with Crippen LogP contribution in [-0.4, -0.2) is 30.6 Å². The van der Waals surface area contributed by atoms with Crippen LogP contribution in [0.3, 0.4) is 0 Å². The average molecular weight is 347 g/mol. The van der Waals surface area contributed by atoms with Gasteiger partial charge in [-0.25, -0.2) is 9.59 Å².